The summed E-state index contributed by atoms with van der Waals surface area (Å²) in [6.07, 6.45) is 3.03. The lowest BCUT2D eigenvalue weighted by Gasteiger charge is -2.32. The minimum absolute atomic E-state index is 0.0591. The third-order valence-electron chi connectivity index (χ3n) is 6.14. The molecule has 1 aliphatic heterocycles. The van der Waals surface area contributed by atoms with Crippen LogP contribution in [0.4, 0.5) is 14.6 Å². The predicted octanol–water partition coefficient (Wildman–Crippen LogP) is 5.60. The van der Waals surface area contributed by atoms with Gasteiger partial charge in [0.15, 0.2) is 5.65 Å². The van der Waals surface area contributed by atoms with Gasteiger partial charge in [0.05, 0.1) is 16.4 Å². The molecule has 0 radical (unpaired) electrons. The Hall–Kier alpha value is -2.60. The van der Waals surface area contributed by atoms with Crippen molar-refractivity contribution in [2.75, 3.05) is 25.0 Å². The van der Waals surface area contributed by atoms with Crippen molar-refractivity contribution in [3.8, 4) is 11.3 Å². The number of hydrogen-bond acceptors (Lipinski definition) is 5. The summed E-state index contributed by atoms with van der Waals surface area (Å²) in [4.78, 5) is 4.05. The molecule has 0 aliphatic carbocycles. The van der Waals surface area contributed by atoms with E-state index in [1.165, 1.54) is 4.31 Å². The van der Waals surface area contributed by atoms with E-state index in [0.717, 1.165) is 30.2 Å². The van der Waals surface area contributed by atoms with Crippen LogP contribution >= 0.6 is 27.5 Å². The topological polar surface area (TPSA) is 79.6 Å². The van der Waals surface area contributed by atoms with Crippen molar-refractivity contribution < 1.29 is 17.2 Å². The van der Waals surface area contributed by atoms with E-state index in [1.807, 2.05) is 24.3 Å². The summed E-state index contributed by atoms with van der Waals surface area (Å²) >= 11 is 9.88. The summed E-state index contributed by atoms with van der Waals surface area (Å²) in [6.45, 7) is 0.868. The quantitative estimate of drug-likeness (QED) is 0.313. The standard InChI is InChI=1S/C24H21BrClF2N5O2S/c25-18-13-30-33-23(11-21(31-24(18)33)17-5-1-2-6-19(17)26)29-12-15-4-3-9-32(14-15)36(34,35)22-10-16(27)7-8-20(22)28/h1-2,5-8,10-11,13,15,29H,3-4,9,12,14H2. The molecular weight excluding hydrogens is 576 g/mol. The highest BCUT2D eigenvalue weighted by Crippen LogP contribution is 2.31. The number of halogens is 4. The SMILES string of the molecule is O=S(=O)(c1cc(F)ccc1F)N1CCCC(CNc2cc(-c3ccccc3Cl)nc3c(Br)cnn23)C1. The van der Waals surface area contributed by atoms with Crippen LogP contribution in [-0.2, 0) is 10.0 Å². The lowest BCUT2D eigenvalue weighted by Crippen LogP contribution is -2.42. The second kappa shape index (κ2) is 10.0. The van der Waals surface area contributed by atoms with Crippen LogP contribution in [0.5, 0.6) is 0 Å². The first-order valence-corrected chi connectivity index (χ1v) is 13.8. The maximum Gasteiger partial charge on any atom is 0.246 e. The van der Waals surface area contributed by atoms with Crippen molar-refractivity contribution in [2.45, 2.75) is 17.7 Å². The number of benzene rings is 2. The van der Waals surface area contributed by atoms with Gasteiger partial charge in [0.25, 0.3) is 0 Å². The van der Waals surface area contributed by atoms with Crippen molar-refractivity contribution in [2.24, 2.45) is 5.92 Å². The molecule has 1 aliphatic rings. The Labute approximate surface area is 220 Å². The first kappa shape index (κ1) is 25.1. The van der Waals surface area contributed by atoms with Gasteiger partial charge in [-0.1, -0.05) is 29.8 Å². The van der Waals surface area contributed by atoms with Crippen molar-refractivity contribution in [3.05, 3.63) is 75.9 Å². The number of aromatic nitrogens is 3. The molecular formula is C24H21BrClF2N5O2S. The van der Waals surface area contributed by atoms with Crippen LogP contribution in [-0.4, -0.2) is 47.0 Å². The van der Waals surface area contributed by atoms with Crippen LogP contribution in [0.3, 0.4) is 0 Å². The Bertz CT molecular complexity index is 1550. The zero-order valence-electron chi connectivity index (χ0n) is 18.8. The van der Waals surface area contributed by atoms with E-state index >= 15 is 0 Å². The van der Waals surface area contributed by atoms with Crippen LogP contribution in [0.25, 0.3) is 16.9 Å². The third kappa shape index (κ3) is 4.84. The number of nitrogens with one attached hydrogen (secondary N) is 1. The highest BCUT2D eigenvalue weighted by molar-refractivity contribution is 9.10. The Morgan fingerprint density at radius 1 is 1.17 bits per heavy atom. The largest absolute Gasteiger partial charge is 0.370 e. The van der Waals surface area contributed by atoms with Crippen LogP contribution in [0, 0.1) is 17.6 Å². The Balaban J connectivity index is 1.39. The minimum Gasteiger partial charge on any atom is -0.370 e. The fourth-order valence-corrected chi connectivity index (χ4v) is 6.55. The van der Waals surface area contributed by atoms with Gasteiger partial charge in [-0.05, 0) is 59.0 Å². The molecule has 1 N–H and O–H groups in total. The number of piperidine rings is 1. The Morgan fingerprint density at radius 3 is 2.78 bits per heavy atom. The van der Waals surface area contributed by atoms with Crippen LogP contribution in [0.15, 0.2) is 64.1 Å². The molecule has 7 nitrogen and oxygen atoms in total. The van der Waals surface area contributed by atoms with Crippen LogP contribution in [0.2, 0.25) is 5.02 Å². The molecule has 1 atom stereocenters. The van der Waals surface area contributed by atoms with E-state index in [0.29, 0.717) is 39.6 Å². The van der Waals surface area contributed by atoms with Gasteiger partial charge < -0.3 is 5.32 Å². The van der Waals surface area contributed by atoms with Gasteiger partial charge in [-0.25, -0.2) is 22.2 Å². The summed E-state index contributed by atoms with van der Waals surface area (Å²) in [5.41, 5.74) is 2.03. The van der Waals surface area contributed by atoms with Crippen LogP contribution < -0.4 is 5.32 Å². The molecule has 0 bridgehead atoms. The van der Waals surface area contributed by atoms with E-state index < -0.39 is 26.6 Å². The number of rotatable bonds is 6. The van der Waals surface area contributed by atoms with Crippen molar-refractivity contribution in [1.29, 1.82) is 0 Å². The van der Waals surface area contributed by atoms with E-state index in [-0.39, 0.29) is 19.0 Å². The third-order valence-corrected chi connectivity index (χ3v) is 8.91. The molecule has 3 heterocycles. The molecule has 4 aromatic rings. The smallest absolute Gasteiger partial charge is 0.246 e. The lowest BCUT2D eigenvalue weighted by molar-refractivity contribution is 0.274. The van der Waals surface area contributed by atoms with E-state index in [4.69, 9.17) is 11.6 Å². The minimum atomic E-state index is -4.17. The van der Waals surface area contributed by atoms with Gasteiger partial charge in [0.2, 0.25) is 10.0 Å². The van der Waals surface area contributed by atoms with Gasteiger partial charge >= 0.3 is 0 Å². The van der Waals surface area contributed by atoms with Gasteiger partial charge in [-0.15, -0.1) is 0 Å². The molecule has 1 unspecified atom stereocenters. The summed E-state index contributed by atoms with van der Waals surface area (Å²) in [7, 11) is -4.17. The summed E-state index contributed by atoms with van der Waals surface area (Å²) < 4.78 is 57.6. The molecule has 2 aromatic carbocycles. The maximum atomic E-state index is 14.2. The summed E-state index contributed by atoms with van der Waals surface area (Å²) in [5.74, 6) is -1.16. The highest BCUT2D eigenvalue weighted by Gasteiger charge is 2.32. The molecule has 5 rings (SSSR count). The molecule has 0 amide bonds. The zero-order valence-corrected chi connectivity index (χ0v) is 22.0. The van der Waals surface area contributed by atoms with E-state index in [2.05, 4.69) is 31.3 Å². The summed E-state index contributed by atoms with van der Waals surface area (Å²) in [6, 6.07) is 11.7. The molecule has 0 saturated carbocycles. The lowest BCUT2D eigenvalue weighted by atomic mass is 10.00. The van der Waals surface area contributed by atoms with E-state index in [9.17, 15) is 17.2 Å². The second-order valence-electron chi connectivity index (χ2n) is 8.56. The molecule has 1 saturated heterocycles. The molecule has 0 spiro atoms. The number of anilines is 1. The number of hydrogen-bond donors (Lipinski definition) is 1. The number of nitrogens with zero attached hydrogens (tertiary/aromatic N) is 4. The number of sulfonamides is 1. The fraction of sp³-hybridized carbons (Fsp3) is 0.250. The van der Waals surface area contributed by atoms with Crippen molar-refractivity contribution in [3.63, 3.8) is 0 Å². The van der Waals surface area contributed by atoms with Crippen LogP contribution in [0.1, 0.15) is 12.8 Å². The summed E-state index contributed by atoms with van der Waals surface area (Å²) in [5, 5.41) is 8.32. The molecule has 2 aromatic heterocycles. The second-order valence-corrected chi connectivity index (χ2v) is 11.7. The first-order valence-electron chi connectivity index (χ1n) is 11.2. The Kier molecular flexibility index (Phi) is 6.99. The normalized spacial score (nSPS) is 16.9. The molecule has 36 heavy (non-hydrogen) atoms. The molecule has 188 valence electrons. The number of fused-ring (bicyclic) bond motifs is 1. The van der Waals surface area contributed by atoms with Gasteiger partial charge in [0, 0.05) is 36.3 Å². The monoisotopic (exact) mass is 595 g/mol. The van der Waals surface area contributed by atoms with Gasteiger partial charge in [-0.3, -0.25) is 0 Å². The first-order chi connectivity index (χ1) is 17.2. The Morgan fingerprint density at radius 2 is 1.97 bits per heavy atom. The average molecular weight is 597 g/mol. The molecule has 1 fully saturated rings. The van der Waals surface area contributed by atoms with Gasteiger partial charge in [-0.2, -0.15) is 13.9 Å². The van der Waals surface area contributed by atoms with E-state index in [1.54, 1.807) is 16.8 Å². The van der Waals surface area contributed by atoms with Crippen molar-refractivity contribution in [1.82, 2.24) is 18.9 Å². The predicted molar refractivity (Wildman–Crippen MR) is 137 cm³/mol. The average Bonchev–Trinajstić information content (AvgIpc) is 3.25. The molecule has 12 heteroatoms. The zero-order chi connectivity index (χ0) is 25.4. The van der Waals surface area contributed by atoms with Crippen molar-refractivity contribution >= 4 is 49.0 Å². The fourth-order valence-electron chi connectivity index (χ4n) is 4.34. The highest BCUT2D eigenvalue weighted by atomic mass is 79.9. The van der Waals surface area contributed by atoms with Gasteiger partial charge in [0.1, 0.15) is 22.3 Å². The maximum absolute atomic E-state index is 14.2.